The van der Waals surface area contributed by atoms with Crippen LogP contribution < -0.4 is 5.32 Å². The molecule has 0 aromatic heterocycles. The van der Waals surface area contributed by atoms with Crippen molar-refractivity contribution >= 4 is 11.8 Å². The van der Waals surface area contributed by atoms with Gasteiger partial charge in [-0.3, -0.25) is 10.2 Å². The van der Waals surface area contributed by atoms with Crippen molar-refractivity contribution in [2.45, 2.75) is 26.7 Å². The van der Waals surface area contributed by atoms with Gasteiger partial charge < -0.3 is 4.74 Å². The molecular weight excluding hydrogens is 240 g/mol. The van der Waals surface area contributed by atoms with Gasteiger partial charge in [0.15, 0.2) is 0 Å². The number of anilines is 1. The number of aryl methyl sites for hydroxylation is 2. The minimum Gasteiger partial charge on any atom is -0.448 e. The van der Waals surface area contributed by atoms with E-state index in [1.807, 2.05) is 32.0 Å². The Kier molecular flexibility index (Phi) is 4.80. The molecule has 1 N–H and O–H groups in total. The summed E-state index contributed by atoms with van der Waals surface area (Å²) >= 11 is 0. The molecule has 1 aliphatic rings. The lowest BCUT2D eigenvalue weighted by Crippen LogP contribution is -2.26. The van der Waals surface area contributed by atoms with Crippen LogP contribution in [0.5, 0.6) is 0 Å². The molecule has 0 bridgehead atoms. The molecular formula is C15H22N2O2. The minimum absolute atomic E-state index is 0.364. The lowest BCUT2D eigenvalue weighted by Gasteiger charge is -2.15. The first kappa shape index (κ1) is 13.9. The molecule has 1 fully saturated rings. The van der Waals surface area contributed by atoms with E-state index >= 15 is 0 Å². The van der Waals surface area contributed by atoms with Crippen LogP contribution in [0.15, 0.2) is 18.2 Å². The van der Waals surface area contributed by atoms with Crippen LogP contribution in [0.25, 0.3) is 0 Å². The van der Waals surface area contributed by atoms with Crippen LogP contribution in [0.3, 0.4) is 0 Å². The Morgan fingerprint density at radius 1 is 1.26 bits per heavy atom. The molecule has 1 heterocycles. The van der Waals surface area contributed by atoms with E-state index < -0.39 is 0 Å². The number of carbonyl (C=O) groups excluding carboxylic acids is 1. The predicted molar refractivity (Wildman–Crippen MR) is 76.6 cm³/mol. The number of likely N-dealkylation sites (tertiary alicyclic amines) is 1. The monoisotopic (exact) mass is 262 g/mol. The van der Waals surface area contributed by atoms with Gasteiger partial charge in [-0.05, 0) is 50.9 Å². The number of para-hydroxylation sites is 1. The van der Waals surface area contributed by atoms with Crippen molar-refractivity contribution in [3.8, 4) is 0 Å². The normalized spacial score (nSPS) is 15.5. The summed E-state index contributed by atoms with van der Waals surface area (Å²) < 4.78 is 5.23. The van der Waals surface area contributed by atoms with Crippen LogP contribution in [0.1, 0.15) is 24.0 Å². The van der Waals surface area contributed by atoms with Crippen molar-refractivity contribution in [2.24, 2.45) is 0 Å². The van der Waals surface area contributed by atoms with Gasteiger partial charge in [-0.1, -0.05) is 18.2 Å². The molecule has 1 aromatic carbocycles. The molecule has 1 amide bonds. The van der Waals surface area contributed by atoms with Gasteiger partial charge in [0.2, 0.25) is 0 Å². The molecule has 0 aliphatic carbocycles. The van der Waals surface area contributed by atoms with E-state index in [0.29, 0.717) is 6.61 Å². The molecule has 1 aliphatic heterocycles. The number of hydrogen-bond acceptors (Lipinski definition) is 3. The summed E-state index contributed by atoms with van der Waals surface area (Å²) in [6.07, 6.45) is 2.15. The third-order valence-corrected chi connectivity index (χ3v) is 3.55. The SMILES string of the molecule is Cc1cccc(C)c1NC(=O)OCCN1CCCC1. The molecule has 0 unspecified atom stereocenters. The van der Waals surface area contributed by atoms with Gasteiger partial charge in [-0.2, -0.15) is 0 Å². The number of hydrogen-bond donors (Lipinski definition) is 1. The number of ether oxygens (including phenoxy) is 1. The second-order valence-corrected chi connectivity index (χ2v) is 5.08. The predicted octanol–water partition coefficient (Wildman–Crippen LogP) is 2.95. The van der Waals surface area contributed by atoms with E-state index in [4.69, 9.17) is 4.74 Å². The summed E-state index contributed by atoms with van der Waals surface area (Å²) in [6, 6.07) is 5.94. The van der Waals surface area contributed by atoms with E-state index in [1.54, 1.807) is 0 Å². The van der Waals surface area contributed by atoms with E-state index in [2.05, 4.69) is 10.2 Å². The number of nitrogens with zero attached hydrogens (tertiary/aromatic N) is 1. The highest BCUT2D eigenvalue weighted by Crippen LogP contribution is 2.19. The fourth-order valence-electron chi connectivity index (χ4n) is 2.42. The Morgan fingerprint density at radius 2 is 1.89 bits per heavy atom. The van der Waals surface area contributed by atoms with Crippen molar-refractivity contribution in [3.05, 3.63) is 29.3 Å². The Labute approximate surface area is 114 Å². The Balaban J connectivity index is 1.77. The summed E-state index contributed by atoms with van der Waals surface area (Å²) in [4.78, 5) is 14.1. The van der Waals surface area contributed by atoms with Gasteiger partial charge in [0.05, 0.1) is 0 Å². The van der Waals surface area contributed by atoms with Crippen LogP contribution >= 0.6 is 0 Å². The van der Waals surface area contributed by atoms with Gasteiger partial charge in [0.25, 0.3) is 0 Å². The summed E-state index contributed by atoms with van der Waals surface area (Å²) in [5.41, 5.74) is 2.96. The van der Waals surface area contributed by atoms with Gasteiger partial charge in [0.1, 0.15) is 6.61 Å². The van der Waals surface area contributed by atoms with Gasteiger partial charge in [-0.25, -0.2) is 4.79 Å². The van der Waals surface area contributed by atoms with Crippen molar-refractivity contribution in [3.63, 3.8) is 0 Å². The second kappa shape index (κ2) is 6.57. The largest absolute Gasteiger partial charge is 0.448 e. The molecule has 4 heteroatoms. The molecule has 0 atom stereocenters. The fourth-order valence-corrected chi connectivity index (χ4v) is 2.42. The third-order valence-electron chi connectivity index (χ3n) is 3.55. The summed E-state index contributed by atoms with van der Waals surface area (Å²) in [5, 5.41) is 2.82. The zero-order valence-corrected chi connectivity index (χ0v) is 11.7. The van der Waals surface area contributed by atoms with Crippen molar-refractivity contribution in [1.29, 1.82) is 0 Å². The zero-order chi connectivity index (χ0) is 13.7. The summed E-state index contributed by atoms with van der Waals surface area (Å²) in [6.45, 7) is 7.50. The maximum atomic E-state index is 11.7. The highest BCUT2D eigenvalue weighted by molar-refractivity contribution is 5.86. The smallest absolute Gasteiger partial charge is 0.411 e. The van der Waals surface area contributed by atoms with Crippen LogP contribution in [-0.4, -0.2) is 37.2 Å². The molecule has 0 radical (unpaired) electrons. The second-order valence-electron chi connectivity index (χ2n) is 5.08. The van der Waals surface area contributed by atoms with E-state index in [-0.39, 0.29) is 6.09 Å². The van der Waals surface area contributed by atoms with Crippen molar-refractivity contribution in [1.82, 2.24) is 4.90 Å². The van der Waals surface area contributed by atoms with Crippen molar-refractivity contribution in [2.75, 3.05) is 31.6 Å². The first-order chi connectivity index (χ1) is 9.16. The summed E-state index contributed by atoms with van der Waals surface area (Å²) in [5.74, 6) is 0. The zero-order valence-electron chi connectivity index (χ0n) is 11.7. The third kappa shape index (κ3) is 3.96. The highest BCUT2D eigenvalue weighted by atomic mass is 16.5. The number of benzene rings is 1. The van der Waals surface area contributed by atoms with Crippen LogP contribution in [0, 0.1) is 13.8 Å². The molecule has 1 aromatic rings. The first-order valence-electron chi connectivity index (χ1n) is 6.89. The number of nitrogens with one attached hydrogen (secondary N) is 1. The topological polar surface area (TPSA) is 41.6 Å². The van der Waals surface area contributed by atoms with Crippen LogP contribution in [0.2, 0.25) is 0 Å². The van der Waals surface area contributed by atoms with Gasteiger partial charge in [-0.15, -0.1) is 0 Å². The van der Waals surface area contributed by atoms with E-state index in [9.17, 15) is 4.79 Å². The van der Waals surface area contributed by atoms with Crippen LogP contribution in [-0.2, 0) is 4.74 Å². The maximum Gasteiger partial charge on any atom is 0.411 e. The Bertz CT molecular complexity index is 420. The highest BCUT2D eigenvalue weighted by Gasteiger charge is 2.12. The van der Waals surface area contributed by atoms with Gasteiger partial charge in [0, 0.05) is 12.2 Å². The fraction of sp³-hybridized carbons (Fsp3) is 0.533. The number of amides is 1. The maximum absolute atomic E-state index is 11.7. The van der Waals surface area contributed by atoms with Gasteiger partial charge >= 0.3 is 6.09 Å². The Hall–Kier alpha value is -1.55. The number of carbonyl (C=O) groups is 1. The van der Waals surface area contributed by atoms with Crippen molar-refractivity contribution < 1.29 is 9.53 Å². The lowest BCUT2D eigenvalue weighted by molar-refractivity contribution is 0.146. The molecule has 2 rings (SSSR count). The molecule has 104 valence electrons. The first-order valence-corrected chi connectivity index (χ1v) is 6.89. The molecule has 0 saturated carbocycles. The molecule has 0 spiro atoms. The van der Waals surface area contributed by atoms with E-state index in [0.717, 1.165) is 36.4 Å². The average Bonchev–Trinajstić information content (AvgIpc) is 2.87. The van der Waals surface area contributed by atoms with E-state index in [1.165, 1.54) is 12.8 Å². The minimum atomic E-state index is -0.364. The molecule has 1 saturated heterocycles. The molecule has 4 nitrogen and oxygen atoms in total. The van der Waals surface area contributed by atoms with Crippen LogP contribution in [0.4, 0.5) is 10.5 Å². The quantitative estimate of drug-likeness (QED) is 0.907. The summed E-state index contributed by atoms with van der Waals surface area (Å²) in [7, 11) is 0. The molecule has 19 heavy (non-hydrogen) atoms. The average molecular weight is 262 g/mol. The standard InChI is InChI=1S/C15H22N2O2/c1-12-6-5-7-13(2)14(12)16-15(18)19-11-10-17-8-3-4-9-17/h5-7H,3-4,8-11H2,1-2H3,(H,16,18). The Morgan fingerprint density at radius 3 is 2.53 bits per heavy atom. The lowest BCUT2D eigenvalue weighted by atomic mass is 10.1. The number of rotatable bonds is 4.